The van der Waals surface area contributed by atoms with Gasteiger partial charge in [-0.25, -0.2) is 4.79 Å². The molecule has 0 fully saturated rings. The zero-order valence-electron chi connectivity index (χ0n) is 10.7. The number of Topliss-reactive ketones (excluding diaryl/α,β-unsaturated/α-hetero) is 1. The van der Waals surface area contributed by atoms with Crippen LogP contribution in [0.15, 0.2) is 20.2 Å². The molecule has 2 rings (SSSR count). The minimum atomic E-state index is -1.15. The highest BCUT2D eigenvalue weighted by Crippen LogP contribution is 2.41. The first kappa shape index (κ1) is 16.2. The monoisotopic (exact) mass is 433 g/mol. The van der Waals surface area contributed by atoms with Crippen molar-refractivity contribution in [2.45, 2.75) is 6.92 Å². The van der Waals surface area contributed by atoms with Crippen LogP contribution in [0, 0.1) is 10.1 Å². The summed E-state index contributed by atoms with van der Waals surface area (Å²) >= 11 is 6.13. The Morgan fingerprint density at radius 1 is 1.41 bits per heavy atom. The van der Waals surface area contributed by atoms with Gasteiger partial charge in [0.1, 0.15) is 10.0 Å². The molecule has 114 valence electrons. The number of oxime groups is 1. The zero-order valence-corrected chi connectivity index (χ0v) is 13.8. The summed E-state index contributed by atoms with van der Waals surface area (Å²) < 4.78 is 0.343. The van der Waals surface area contributed by atoms with Gasteiger partial charge in [-0.05, 0) is 37.9 Å². The SMILES string of the molecule is CC(=O)ON=C1C(=O)C(=O)Nc2cc(Br)c(Br)c([N+](=O)[O-])c21. The Morgan fingerprint density at radius 3 is 2.59 bits per heavy atom. The number of rotatable bonds is 2. The summed E-state index contributed by atoms with van der Waals surface area (Å²) in [6, 6.07) is 1.36. The lowest BCUT2D eigenvalue weighted by Gasteiger charge is -2.18. The van der Waals surface area contributed by atoms with E-state index in [0.29, 0.717) is 4.47 Å². The molecular weight excluding hydrogens is 430 g/mol. The second kappa shape index (κ2) is 5.93. The average Bonchev–Trinajstić information content (AvgIpc) is 2.41. The summed E-state index contributed by atoms with van der Waals surface area (Å²) in [5.41, 5.74) is -1.36. The molecule has 0 radical (unpaired) electrons. The van der Waals surface area contributed by atoms with Crippen molar-refractivity contribution in [3.8, 4) is 0 Å². The number of carbonyl (C=O) groups is 3. The molecule has 0 saturated heterocycles. The van der Waals surface area contributed by atoms with E-state index in [4.69, 9.17) is 0 Å². The molecular formula is C11H5Br2N3O6. The Morgan fingerprint density at radius 2 is 2.05 bits per heavy atom. The summed E-state index contributed by atoms with van der Waals surface area (Å²) in [5, 5.41) is 16.8. The van der Waals surface area contributed by atoms with Gasteiger partial charge in [-0.2, -0.15) is 0 Å². The van der Waals surface area contributed by atoms with Crippen LogP contribution < -0.4 is 5.32 Å². The molecule has 0 aromatic heterocycles. The smallest absolute Gasteiger partial charge is 0.318 e. The third-order valence-electron chi connectivity index (χ3n) is 2.55. The first-order valence-electron chi connectivity index (χ1n) is 5.52. The first-order chi connectivity index (χ1) is 10.2. The third kappa shape index (κ3) is 2.76. The van der Waals surface area contributed by atoms with Gasteiger partial charge >= 0.3 is 5.97 Å². The number of nitrogens with zero attached hydrogens (tertiary/aromatic N) is 2. The second-order valence-electron chi connectivity index (χ2n) is 4.01. The number of amides is 1. The van der Waals surface area contributed by atoms with Crippen molar-refractivity contribution in [3.05, 3.63) is 30.7 Å². The van der Waals surface area contributed by atoms with Crippen LogP contribution in [0.1, 0.15) is 12.5 Å². The number of anilines is 1. The molecule has 0 unspecified atom stereocenters. The number of ketones is 1. The zero-order chi connectivity index (χ0) is 16.6. The minimum absolute atomic E-state index is 0.00252. The van der Waals surface area contributed by atoms with Crippen LogP contribution in [0.5, 0.6) is 0 Å². The predicted molar refractivity (Wildman–Crippen MR) is 80.4 cm³/mol. The van der Waals surface area contributed by atoms with Crippen LogP contribution in [0.4, 0.5) is 11.4 Å². The maximum Gasteiger partial charge on any atom is 0.332 e. The predicted octanol–water partition coefficient (Wildman–Crippen LogP) is 1.91. The fourth-order valence-corrected chi connectivity index (χ4v) is 2.59. The lowest BCUT2D eigenvalue weighted by Crippen LogP contribution is -2.37. The van der Waals surface area contributed by atoms with Crippen molar-refractivity contribution in [1.29, 1.82) is 0 Å². The largest absolute Gasteiger partial charge is 0.332 e. The molecule has 0 saturated carbocycles. The molecule has 0 bridgehead atoms. The average molecular weight is 435 g/mol. The molecule has 11 heteroatoms. The van der Waals surface area contributed by atoms with E-state index in [-0.39, 0.29) is 15.7 Å². The van der Waals surface area contributed by atoms with Gasteiger partial charge in [-0.15, -0.1) is 0 Å². The Labute approximate surface area is 139 Å². The summed E-state index contributed by atoms with van der Waals surface area (Å²) in [6.45, 7) is 1.03. The lowest BCUT2D eigenvalue weighted by atomic mass is 9.98. The van der Waals surface area contributed by atoms with E-state index in [0.717, 1.165) is 6.92 Å². The van der Waals surface area contributed by atoms with Gasteiger partial charge in [0.15, 0.2) is 5.71 Å². The van der Waals surface area contributed by atoms with Crippen molar-refractivity contribution in [3.63, 3.8) is 0 Å². The fraction of sp³-hybridized carbons (Fsp3) is 0.0909. The Bertz CT molecular complexity index is 774. The van der Waals surface area contributed by atoms with Gasteiger partial charge < -0.3 is 10.2 Å². The topological polar surface area (TPSA) is 128 Å². The van der Waals surface area contributed by atoms with Gasteiger partial charge in [-0.3, -0.25) is 19.7 Å². The number of nitrogens with one attached hydrogen (secondary N) is 1. The van der Waals surface area contributed by atoms with Crippen molar-refractivity contribution < 1.29 is 24.1 Å². The summed E-state index contributed by atoms with van der Waals surface area (Å²) in [4.78, 5) is 49.2. The first-order valence-corrected chi connectivity index (χ1v) is 7.10. The third-order valence-corrected chi connectivity index (χ3v) is 4.51. The maximum absolute atomic E-state index is 11.9. The normalized spacial score (nSPS) is 15.3. The van der Waals surface area contributed by atoms with E-state index in [1.807, 2.05) is 0 Å². The highest BCUT2D eigenvalue weighted by atomic mass is 79.9. The van der Waals surface area contributed by atoms with E-state index in [1.165, 1.54) is 6.07 Å². The van der Waals surface area contributed by atoms with Crippen LogP contribution in [0.25, 0.3) is 0 Å². The minimum Gasteiger partial charge on any atom is -0.318 e. The van der Waals surface area contributed by atoms with Crippen LogP contribution in [-0.2, 0) is 19.2 Å². The van der Waals surface area contributed by atoms with Crippen molar-refractivity contribution >= 4 is 66.6 Å². The molecule has 1 aliphatic rings. The lowest BCUT2D eigenvalue weighted by molar-refractivity contribution is -0.385. The second-order valence-corrected chi connectivity index (χ2v) is 5.65. The highest BCUT2D eigenvalue weighted by molar-refractivity contribution is 9.13. The number of nitro groups is 1. The van der Waals surface area contributed by atoms with Gasteiger partial charge in [0.2, 0.25) is 0 Å². The Balaban J connectivity index is 2.81. The molecule has 1 aromatic rings. The van der Waals surface area contributed by atoms with Gasteiger partial charge in [0.25, 0.3) is 17.4 Å². The molecule has 1 aliphatic heterocycles. The van der Waals surface area contributed by atoms with Gasteiger partial charge in [-0.1, -0.05) is 5.16 Å². The van der Waals surface area contributed by atoms with E-state index >= 15 is 0 Å². The van der Waals surface area contributed by atoms with Crippen LogP contribution >= 0.6 is 31.9 Å². The number of hydrogen-bond acceptors (Lipinski definition) is 7. The maximum atomic E-state index is 11.9. The van der Waals surface area contributed by atoms with Crippen molar-refractivity contribution in [2.24, 2.45) is 5.16 Å². The molecule has 0 atom stereocenters. The number of halogens is 2. The van der Waals surface area contributed by atoms with Crippen LogP contribution in [0.2, 0.25) is 0 Å². The molecule has 1 aromatic carbocycles. The van der Waals surface area contributed by atoms with Gasteiger partial charge in [0, 0.05) is 11.4 Å². The standard InChI is InChI=1S/C11H5Br2N3O6/c1-3(17)22-15-8-6-5(14-11(19)10(8)18)2-4(12)7(13)9(6)16(20)21/h2H,1H3,(H,14,19). The summed E-state index contributed by atoms with van der Waals surface area (Å²) in [5.74, 6) is -3.03. The van der Waals surface area contributed by atoms with Crippen molar-refractivity contribution in [2.75, 3.05) is 5.32 Å². The highest BCUT2D eigenvalue weighted by Gasteiger charge is 2.39. The number of fused-ring (bicyclic) bond motifs is 1. The number of hydrogen-bond donors (Lipinski definition) is 1. The molecule has 9 nitrogen and oxygen atoms in total. The van der Waals surface area contributed by atoms with Crippen LogP contribution in [0.3, 0.4) is 0 Å². The summed E-state index contributed by atoms with van der Waals surface area (Å²) in [6.07, 6.45) is 0. The van der Waals surface area contributed by atoms with Gasteiger partial charge in [0.05, 0.1) is 10.6 Å². The van der Waals surface area contributed by atoms with E-state index < -0.39 is 34.0 Å². The number of nitro benzene ring substituents is 1. The molecule has 0 aliphatic carbocycles. The fourth-order valence-electron chi connectivity index (χ4n) is 1.72. The molecule has 0 spiro atoms. The van der Waals surface area contributed by atoms with E-state index in [9.17, 15) is 24.5 Å². The Hall–Kier alpha value is -2.14. The van der Waals surface area contributed by atoms with Crippen molar-refractivity contribution in [1.82, 2.24) is 0 Å². The van der Waals surface area contributed by atoms with E-state index in [2.05, 4.69) is 47.2 Å². The quantitative estimate of drug-likeness (QED) is 0.327. The van der Waals surface area contributed by atoms with E-state index in [1.54, 1.807) is 0 Å². The molecule has 1 amide bonds. The number of benzene rings is 1. The Kier molecular flexibility index (Phi) is 4.37. The summed E-state index contributed by atoms with van der Waals surface area (Å²) in [7, 11) is 0. The van der Waals surface area contributed by atoms with Crippen LogP contribution in [-0.4, -0.2) is 28.3 Å². The molecule has 1 heterocycles. The molecule has 1 N–H and O–H groups in total. The molecule has 22 heavy (non-hydrogen) atoms. The number of carbonyl (C=O) groups excluding carboxylic acids is 3.